The Balaban J connectivity index is 0.00000420. The van der Waals surface area contributed by atoms with Crippen LogP contribution in [0, 0.1) is 0 Å². The minimum atomic E-state index is -2.91. The van der Waals surface area contributed by atoms with Gasteiger partial charge in [-0.15, -0.1) is 24.0 Å². The van der Waals surface area contributed by atoms with E-state index in [4.69, 9.17) is 9.47 Å². The van der Waals surface area contributed by atoms with E-state index in [2.05, 4.69) is 39.1 Å². The highest BCUT2D eigenvalue weighted by molar-refractivity contribution is 14.0. The van der Waals surface area contributed by atoms with Gasteiger partial charge in [0.1, 0.15) is 5.75 Å². The molecule has 1 heterocycles. The van der Waals surface area contributed by atoms with Gasteiger partial charge in [0.15, 0.2) is 17.5 Å². The third kappa shape index (κ3) is 8.37. The molecule has 0 radical (unpaired) electrons. The lowest BCUT2D eigenvalue weighted by Crippen LogP contribution is -2.37. The maximum Gasteiger partial charge on any atom is 0.387 e. The van der Waals surface area contributed by atoms with Gasteiger partial charge in [0, 0.05) is 31.8 Å². The largest absolute Gasteiger partial charge is 0.454 e. The molecule has 0 saturated carbocycles. The molecular formula is C19H31F2IN4O3. The zero-order valence-corrected chi connectivity index (χ0v) is 19.5. The second kappa shape index (κ2) is 13.6. The Bertz CT molecular complexity index is 646. The summed E-state index contributed by atoms with van der Waals surface area (Å²) in [5, 5.41) is 6.36. The van der Waals surface area contributed by atoms with E-state index in [0.29, 0.717) is 23.0 Å². The molecule has 7 nitrogen and oxygen atoms in total. The minimum absolute atomic E-state index is 0. The first kappa shape index (κ1) is 25.5. The van der Waals surface area contributed by atoms with Crippen LogP contribution in [0.4, 0.5) is 8.78 Å². The van der Waals surface area contributed by atoms with Crippen LogP contribution in [0.3, 0.4) is 0 Å². The molecular weight excluding hydrogens is 497 g/mol. The van der Waals surface area contributed by atoms with Crippen molar-refractivity contribution in [2.24, 2.45) is 4.99 Å². The van der Waals surface area contributed by atoms with Crippen LogP contribution >= 0.6 is 24.0 Å². The van der Waals surface area contributed by atoms with Crippen LogP contribution in [-0.4, -0.2) is 57.5 Å². The molecule has 0 unspecified atom stereocenters. The lowest BCUT2D eigenvalue weighted by molar-refractivity contribution is -0.0505. The molecule has 0 spiro atoms. The third-order valence-corrected chi connectivity index (χ3v) is 4.53. The number of unbranched alkanes of at least 4 members (excludes halogenated alkanes) is 1. The van der Waals surface area contributed by atoms with E-state index < -0.39 is 6.61 Å². The molecule has 1 aliphatic rings. The summed E-state index contributed by atoms with van der Waals surface area (Å²) >= 11 is 0. The second-order valence-corrected chi connectivity index (χ2v) is 6.28. The number of nitrogens with one attached hydrogen (secondary N) is 2. The predicted molar refractivity (Wildman–Crippen MR) is 120 cm³/mol. The van der Waals surface area contributed by atoms with Gasteiger partial charge in [0.2, 0.25) is 6.79 Å². The summed E-state index contributed by atoms with van der Waals surface area (Å²) in [6, 6.07) is 3.07. The smallest absolute Gasteiger partial charge is 0.387 e. The first-order chi connectivity index (χ1) is 13.6. The fraction of sp³-hybridized carbons (Fsp3) is 0.632. The molecule has 1 aromatic carbocycles. The molecule has 0 aromatic heterocycles. The van der Waals surface area contributed by atoms with Gasteiger partial charge in [-0.2, -0.15) is 8.78 Å². The van der Waals surface area contributed by atoms with Crippen molar-refractivity contribution in [2.75, 3.05) is 40.0 Å². The second-order valence-electron chi connectivity index (χ2n) is 6.28. The summed E-state index contributed by atoms with van der Waals surface area (Å²) < 4.78 is 40.6. The van der Waals surface area contributed by atoms with Crippen LogP contribution in [0.5, 0.6) is 17.2 Å². The van der Waals surface area contributed by atoms with Crippen molar-refractivity contribution in [1.29, 1.82) is 0 Å². The van der Waals surface area contributed by atoms with Crippen LogP contribution < -0.4 is 24.8 Å². The summed E-state index contributed by atoms with van der Waals surface area (Å²) in [5.41, 5.74) is 0.536. The first-order valence-electron chi connectivity index (χ1n) is 9.61. The zero-order valence-electron chi connectivity index (χ0n) is 17.2. The minimum Gasteiger partial charge on any atom is -0.454 e. The topological polar surface area (TPSA) is 67.4 Å². The number of halogens is 3. The Morgan fingerprint density at radius 3 is 2.48 bits per heavy atom. The van der Waals surface area contributed by atoms with Crippen molar-refractivity contribution >= 4 is 29.9 Å². The Hall–Kier alpha value is -1.56. The number of guanidine groups is 1. The van der Waals surface area contributed by atoms with Crippen LogP contribution in [0.15, 0.2) is 17.1 Å². The molecule has 166 valence electrons. The Morgan fingerprint density at radius 1 is 1.17 bits per heavy atom. The van der Waals surface area contributed by atoms with Crippen LogP contribution in [-0.2, 0) is 6.54 Å². The average molecular weight is 528 g/mol. The van der Waals surface area contributed by atoms with Gasteiger partial charge in [0.25, 0.3) is 0 Å². The van der Waals surface area contributed by atoms with Crippen LogP contribution in [0.2, 0.25) is 0 Å². The molecule has 1 aromatic rings. The van der Waals surface area contributed by atoms with Crippen LogP contribution in [0.1, 0.15) is 32.3 Å². The number of aliphatic imine (C=N–C) groups is 1. The summed E-state index contributed by atoms with van der Waals surface area (Å²) in [6.07, 6.45) is 2.11. The number of hydrogen-bond donors (Lipinski definition) is 2. The van der Waals surface area contributed by atoms with Crippen molar-refractivity contribution in [2.45, 2.75) is 39.8 Å². The van der Waals surface area contributed by atoms with Crippen molar-refractivity contribution in [3.05, 3.63) is 17.7 Å². The van der Waals surface area contributed by atoms with Gasteiger partial charge in [-0.05, 0) is 38.5 Å². The normalized spacial score (nSPS) is 12.9. The van der Waals surface area contributed by atoms with Crippen LogP contribution in [0.25, 0.3) is 0 Å². The molecule has 1 aliphatic heterocycles. The fourth-order valence-corrected chi connectivity index (χ4v) is 2.92. The number of nitrogens with zero attached hydrogens (tertiary/aromatic N) is 2. The Labute approximate surface area is 188 Å². The van der Waals surface area contributed by atoms with E-state index in [9.17, 15) is 8.78 Å². The van der Waals surface area contributed by atoms with Gasteiger partial charge >= 0.3 is 6.61 Å². The van der Waals surface area contributed by atoms with E-state index in [-0.39, 0.29) is 43.1 Å². The van der Waals surface area contributed by atoms with Gasteiger partial charge in [0.05, 0.1) is 0 Å². The molecule has 0 fully saturated rings. The lowest BCUT2D eigenvalue weighted by atomic mass is 10.1. The SMILES string of the molecule is CCN(CC)CCCCNC(=NC)NCc1cc2c(cc1OC(F)F)OCO2.I. The molecule has 2 N–H and O–H groups in total. The number of rotatable bonds is 11. The number of benzene rings is 1. The van der Waals surface area contributed by atoms with Gasteiger partial charge in [-0.25, -0.2) is 0 Å². The highest BCUT2D eigenvalue weighted by Crippen LogP contribution is 2.38. The van der Waals surface area contributed by atoms with E-state index in [1.165, 1.54) is 6.07 Å². The molecule has 2 rings (SSSR count). The fourth-order valence-electron chi connectivity index (χ4n) is 2.92. The number of ether oxygens (including phenoxy) is 3. The molecule has 29 heavy (non-hydrogen) atoms. The number of fused-ring (bicyclic) bond motifs is 1. The average Bonchev–Trinajstić information content (AvgIpc) is 3.13. The lowest BCUT2D eigenvalue weighted by Gasteiger charge is -2.18. The van der Waals surface area contributed by atoms with Crippen molar-refractivity contribution in [3.63, 3.8) is 0 Å². The predicted octanol–water partition coefficient (Wildman–Crippen LogP) is 3.42. The van der Waals surface area contributed by atoms with E-state index >= 15 is 0 Å². The maximum absolute atomic E-state index is 12.7. The third-order valence-electron chi connectivity index (χ3n) is 4.53. The monoisotopic (exact) mass is 528 g/mol. The number of alkyl halides is 2. The summed E-state index contributed by atoms with van der Waals surface area (Å²) in [7, 11) is 1.67. The quantitative estimate of drug-likeness (QED) is 0.199. The van der Waals surface area contributed by atoms with E-state index in [1.54, 1.807) is 13.1 Å². The van der Waals surface area contributed by atoms with E-state index in [1.807, 2.05) is 0 Å². The zero-order chi connectivity index (χ0) is 20.4. The summed E-state index contributed by atoms with van der Waals surface area (Å²) in [4.78, 5) is 6.56. The van der Waals surface area contributed by atoms with Crippen molar-refractivity contribution in [1.82, 2.24) is 15.5 Å². The molecule has 0 bridgehead atoms. The maximum atomic E-state index is 12.7. The van der Waals surface area contributed by atoms with Gasteiger partial charge in [-0.1, -0.05) is 13.8 Å². The summed E-state index contributed by atoms with van der Waals surface area (Å²) in [6.45, 7) is 5.72. The van der Waals surface area contributed by atoms with Crippen molar-refractivity contribution in [3.8, 4) is 17.2 Å². The molecule has 0 amide bonds. The molecule has 10 heteroatoms. The van der Waals surface area contributed by atoms with Gasteiger partial charge < -0.3 is 29.7 Å². The molecule has 0 aliphatic carbocycles. The Morgan fingerprint density at radius 2 is 1.86 bits per heavy atom. The first-order valence-corrected chi connectivity index (χ1v) is 9.61. The standard InChI is InChI=1S/C19H30F2N4O3.HI/c1-4-25(5-2)9-7-6-8-23-19(22-3)24-12-14-10-16-17(27-13-26-16)11-15(14)28-18(20)21;/h10-11,18H,4-9,12-13H2,1-3H3,(H2,22,23,24);1H. The highest BCUT2D eigenvalue weighted by Gasteiger charge is 2.20. The van der Waals surface area contributed by atoms with E-state index in [0.717, 1.165) is 39.0 Å². The highest BCUT2D eigenvalue weighted by atomic mass is 127. The molecule has 0 saturated heterocycles. The number of hydrogen-bond acceptors (Lipinski definition) is 5. The summed E-state index contributed by atoms with van der Waals surface area (Å²) in [5.74, 6) is 1.57. The Kier molecular flexibility index (Phi) is 12.0. The molecule has 0 atom stereocenters. The van der Waals surface area contributed by atoms with Crippen molar-refractivity contribution < 1.29 is 23.0 Å². The van der Waals surface area contributed by atoms with Gasteiger partial charge in [-0.3, -0.25) is 4.99 Å².